The third-order valence-electron chi connectivity index (χ3n) is 3.57. The summed E-state index contributed by atoms with van der Waals surface area (Å²) in [4.78, 5) is 13.5. The number of hydrogen-bond donors (Lipinski definition) is 0. The van der Waals surface area contributed by atoms with Crippen molar-refractivity contribution in [2.75, 3.05) is 0 Å². The molecule has 0 saturated heterocycles. The molecule has 25 heavy (non-hydrogen) atoms. The first-order valence-electron chi connectivity index (χ1n) is 7.41. The van der Waals surface area contributed by atoms with Crippen molar-refractivity contribution in [1.29, 1.82) is 0 Å². The first kappa shape index (κ1) is 15.2. The Morgan fingerprint density at radius 2 is 1.80 bits per heavy atom. The van der Waals surface area contributed by atoms with Gasteiger partial charge in [0, 0.05) is 5.02 Å². The first-order valence-corrected chi connectivity index (χ1v) is 7.79. The summed E-state index contributed by atoms with van der Waals surface area (Å²) in [6.07, 6.45) is 2.98. The molecule has 0 bridgehead atoms. The topological polar surface area (TPSA) is 78.0 Å². The van der Waals surface area contributed by atoms with E-state index in [9.17, 15) is 4.79 Å². The van der Waals surface area contributed by atoms with E-state index in [-0.39, 0.29) is 0 Å². The number of para-hydroxylation sites is 1. The van der Waals surface area contributed by atoms with Crippen LogP contribution in [-0.4, -0.2) is 31.1 Å². The minimum atomic E-state index is -0.391. The van der Waals surface area contributed by atoms with Crippen LogP contribution in [0.25, 0.3) is 16.7 Å². The highest BCUT2D eigenvalue weighted by Crippen LogP contribution is 2.12. The smallest absolute Gasteiger partial charge is 0.265 e. The van der Waals surface area contributed by atoms with E-state index in [1.54, 1.807) is 28.9 Å². The van der Waals surface area contributed by atoms with E-state index in [0.29, 0.717) is 16.1 Å². The molecular weight excluding hydrogens is 340 g/mol. The molecule has 0 aliphatic carbocycles. The van der Waals surface area contributed by atoms with Crippen LogP contribution < -0.4 is 5.56 Å². The molecule has 0 fully saturated rings. The Morgan fingerprint density at radius 1 is 1.04 bits per heavy atom. The Kier molecular flexibility index (Phi) is 3.83. The number of fused-ring (bicyclic) bond motifs is 1. The SMILES string of the molecule is O=c1c2cnn(-c3ccccc3)c2nnn1/N=C/c1ccc(Cl)cc1. The number of benzene rings is 2. The quantitative estimate of drug-likeness (QED) is 0.532. The highest BCUT2D eigenvalue weighted by molar-refractivity contribution is 6.30. The molecule has 0 radical (unpaired) electrons. The highest BCUT2D eigenvalue weighted by Gasteiger charge is 2.12. The normalized spacial score (nSPS) is 11.4. The van der Waals surface area contributed by atoms with Crippen LogP contribution in [0.15, 0.2) is 70.7 Å². The van der Waals surface area contributed by atoms with E-state index in [1.807, 2.05) is 30.3 Å². The van der Waals surface area contributed by atoms with Crippen LogP contribution in [0, 0.1) is 0 Å². The monoisotopic (exact) mass is 350 g/mol. The maximum Gasteiger partial charge on any atom is 0.302 e. The second-order valence-corrected chi connectivity index (χ2v) is 5.65. The lowest BCUT2D eigenvalue weighted by Crippen LogP contribution is -2.21. The minimum Gasteiger partial charge on any atom is -0.265 e. The van der Waals surface area contributed by atoms with E-state index >= 15 is 0 Å². The predicted molar refractivity (Wildman–Crippen MR) is 95.4 cm³/mol. The van der Waals surface area contributed by atoms with Gasteiger partial charge in [0.1, 0.15) is 5.39 Å². The fourth-order valence-corrected chi connectivity index (χ4v) is 2.45. The van der Waals surface area contributed by atoms with Gasteiger partial charge in [0.15, 0.2) is 5.65 Å². The minimum absolute atomic E-state index is 0.340. The van der Waals surface area contributed by atoms with Crippen LogP contribution in [0.3, 0.4) is 0 Å². The largest absolute Gasteiger partial charge is 0.302 e. The summed E-state index contributed by atoms with van der Waals surface area (Å²) in [5, 5.41) is 17.2. The van der Waals surface area contributed by atoms with E-state index in [0.717, 1.165) is 16.0 Å². The van der Waals surface area contributed by atoms with Gasteiger partial charge in [-0.25, -0.2) is 4.68 Å². The molecule has 0 amide bonds. The Balaban J connectivity index is 1.74. The molecule has 0 N–H and O–H groups in total. The number of rotatable bonds is 3. The molecule has 2 aromatic heterocycles. The first-order chi connectivity index (χ1) is 12.2. The van der Waals surface area contributed by atoms with Crippen LogP contribution in [0.5, 0.6) is 0 Å². The Hall–Kier alpha value is -3.32. The van der Waals surface area contributed by atoms with Crippen molar-refractivity contribution in [2.24, 2.45) is 5.10 Å². The molecule has 7 nitrogen and oxygen atoms in total. The summed E-state index contributed by atoms with van der Waals surface area (Å²) in [7, 11) is 0. The average molecular weight is 351 g/mol. The lowest BCUT2D eigenvalue weighted by molar-refractivity contribution is 0.636. The number of halogens is 1. The Bertz CT molecular complexity index is 1120. The third kappa shape index (κ3) is 2.92. The van der Waals surface area contributed by atoms with Gasteiger partial charge in [0.05, 0.1) is 18.1 Å². The Labute approximate surface area is 146 Å². The molecule has 2 heterocycles. The zero-order chi connectivity index (χ0) is 17.2. The number of aromatic nitrogens is 5. The van der Waals surface area contributed by atoms with Gasteiger partial charge in [0.25, 0.3) is 0 Å². The van der Waals surface area contributed by atoms with Crippen molar-refractivity contribution in [2.45, 2.75) is 0 Å². The van der Waals surface area contributed by atoms with Crippen molar-refractivity contribution in [1.82, 2.24) is 24.9 Å². The fourth-order valence-electron chi connectivity index (χ4n) is 2.33. The van der Waals surface area contributed by atoms with Gasteiger partial charge in [0.2, 0.25) is 0 Å². The molecule has 0 atom stereocenters. The lowest BCUT2D eigenvalue weighted by atomic mass is 10.2. The summed E-state index contributed by atoms with van der Waals surface area (Å²) < 4.78 is 1.57. The van der Waals surface area contributed by atoms with Crippen molar-refractivity contribution in [3.05, 3.63) is 81.7 Å². The average Bonchev–Trinajstić information content (AvgIpc) is 3.08. The molecule has 0 aliphatic heterocycles. The summed E-state index contributed by atoms with van der Waals surface area (Å²) in [5.41, 5.74) is 1.58. The van der Waals surface area contributed by atoms with Gasteiger partial charge in [-0.05, 0) is 35.0 Å². The zero-order valence-electron chi connectivity index (χ0n) is 12.8. The maximum atomic E-state index is 12.5. The van der Waals surface area contributed by atoms with E-state index in [1.165, 1.54) is 12.4 Å². The van der Waals surface area contributed by atoms with Gasteiger partial charge in [-0.2, -0.15) is 10.2 Å². The van der Waals surface area contributed by atoms with Gasteiger partial charge in [-0.15, -0.1) is 5.10 Å². The van der Waals surface area contributed by atoms with Crippen LogP contribution in [0.2, 0.25) is 5.02 Å². The summed E-state index contributed by atoms with van der Waals surface area (Å²) in [6, 6.07) is 16.5. The lowest BCUT2D eigenvalue weighted by Gasteiger charge is -2.01. The van der Waals surface area contributed by atoms with Crippen molar-refractivity contribution in [3.63, 3.8) is 0 Å². The van der Waals surface area contributed by atoms with Crippen molar-refractivity contribution < 1.29 is 0 Å². The molecular formula is C17H11ClN6O. The summed E-state index contributed by atoms with van der Waals surface area (Å²) in [5.74, 6) is 0. The standard InChI is InChI=1S/C17H11ClN6O/c18-13-8-6-12(7-9-13)10-20-24-17(25)15-11-19-23(16(15)21-22-24)14-4-2-1-3-5-14/h1-11H/b20-10+. The molecule has 0 aliphatic rings. The zero-order valence-corrected chi connectivity index (χ0v) is 13.6. The second kappa shape index (κ2) is 6.29. The maximum absolute atomic E-state index is 12.5. The van der Waals surface area contributed by atoms with Gasteiger partial charge in [-0.3, -0.25) is 4.79 Å². The van der Waals surface area contributed by atoms with E-state index in [2.05, 4.69) is 20.5 Å². The van der Waals surface area contributed by atoms with Gasteiger partial charge < -0.3 is 0 Å². The number of nitrogens with zero attached hydrogens (tertiary/aromatic N) is 6. The Morgan fingerprint density at radius 3 is 2.56 bits per heavy atom. The van der Waals surface area contributed by atoms with E-state index in [4.69, 9.17) is 11.6 Å². The second-order valence-electron chi connectivity index (χ2n) is 5.21. The van der Waals surface area contributed by atoms with Crippen molar-refractivity contribution >= 4 is 28.8 Å². The van der Waals surface area contributed by atoms with E-state index < -0.39 is 5.56 Å². The molecule has 0 saturated carbocycles. The van der Waals surface area contributed by atoms with Crippen molar-refractivity contribution in [3.8, 4) is 5.69 Å². The molecule has 4 rings (SSSR count). The molecule has 122 valence electrons. The van der Waals surface area contributed by atoms with Crippen LogP contribution in [0.1, 0.15) is 5.56 Å². The van der Waals surface area contributed by atoms with Crippen LogP contribution in [0.4, 0.5) is 0 Å². The summed E-state index contributed by atoms with van der Waals surface area (Å²) in [6.45, 7) is 0. The predicted octanol–water partition coefficient (Wildman–Crippen LogP) is 2.51. The summed E-state index contributed by atoms with van der Waals surface area (Å²) >= 11 is 5.84. The number of hydrogen-bond acceptors (Lipinski definition) is 5. The molecule has 0 unspecified atom stereocenters. The van der Waals surface area contributed by atoms with Gasteiger partial charge >= 0.3 is 5.56 Å². The molecule has 4 aromatic rings. The van der Waals surface area contributed by atoms with Crippen LogP contribution in [-0.2, 0) is 0 Å². The molecule has 0 spiro atoms. The van der Waals surface area contributed by atoms with Crippen LogP contribution >= 0.6 is 11.6 Å². The van der Waals surface area contributed by atoms with Gasteiger partial charge in [-0.1, -0.05) is 46.7 Å². The fraction of sp³-hybridized carbons (Fsp3) is 0. The third-order valence-corrected chi connectivity index (χ3v) is 3.82. The molecule has 2 aromatic carbocycles. The highest BCUT2D eigenvalue weighted by atomic mass is 35.5. The molecule has 8 heteroatoms.